The Morgan fingerprint density at radius 3 is 2.06 bits per heavy atom. The summed E-state index contributed by atoms with van der Waals surface area (Å²) >= 11 is 0. The molecule has 3 nitrogen and oxygen atoms in total. The number of benzene rings is 1. The molecule has 0 aliphatic heterocycles. The first-order valence-corrected chi connectivity index (χ1v) is 6.18. The van der Waals surface area contributed by atoms with Gasteiger partial charge in [-0.05, 0) is 29.5 Å². The third-order valence-corrected chi connectivity index (χ3v) is 2.76. The zero-order chi connectivity index (χ0) is 13.1. The van der Waals surface area contributed by atoms with Crippen molar-refractivity contribution in [2.45, 2.75) is 46.0 Å². The summed E-state index contributed by atoms with van der Waals surface area (Å²) in [6.45, 7) is 9.20. The average Bonchev–Trinajstić information content (AvgIpc) is 2.20. The van der Waals surface area contributed by atoms with Crippen LogP contribution in [0.15, 0.2) is 12.1 Å². The first kappa shape index (κ1) is 13.7. The van der Waals surface area contributed by atoms with Gasteiger partial charge in [0.25, 0.3) is 0 Å². The van der Waals surface area contributed by atoms with Crippen molar-refractivity contribution in [2.75, 3.05) is 18.1 Å². The highest BCUT2D eigenvalue weighted by Gasteiger charge is 2.17. The number of ether oxygens (including phenoxy) is 1. The van der Waals surface area contributed by atoms with Crippen molar-refractivity contribution in [1.82, 2.24) is 0 Å². The molecule has 1 rings (SSSR count). The van der Waals surface area contributed by atoms with Gasteiger partial charge >= 0.3 is 0 Å². The molecule has 0 fully saturated rings. The Bertz CT molecular complexity index is 357. The number of unbranched alkanes of at least 4 members (excludes halogenated alkanes) is 1. The summed E-state index contributed by atoms with van der Waals surface area (Å²) in [6.07, 6.45) is 2.11. The zero-order valence-corrected chi connectivity index (χ0v) is 11.3. The minimum atomic E-state index is 0.0458. The molecule has 0 aromatic heterocycles. The van der Waals surface area contributed by atoms with E-state index in [9.17, 15) is 0 Å². The molecule has 0 aliphatic carbocycles. The predicted molar refractivity (Wildman–Crippen MR) is 74.4 cm³/mol. The quantitative estimate of drug-likeness (QED) is 0.622. The first-order chi connectivity index (χ1) is 7.86. The van der Waals surface area contributed by atoms with Crippen LogP contribution in [0.5, 0.6) is 5.75 Å². The minimum Gasteiger partial charge on any atom is -0.489 e. The van der Waals surface area contributed by atoms with Crippen molar-refractivity contribution in [3.63, 3.8) is 0 Å². The van der Waals surface area contributed by atoms with Gasteiger partial charge in [0.1, 0.15) is 0 Å². The van der Waals surface area contributed by atoms with Crippen molar-refractivity contribution in [2.24, 2.45) is 0 Å². The molecule has 0 saturated heterocycles. The van der Waals surface area contributed by atoms with Gasteiger partial charge in [-0.1, -0.05) is 34.1 Å². The molecular weight excluding hydrogens is 212 g/mol. The van der Waals surface area contributed by atoms with Gasteiger partial charge < -0.3 is 16.2 Å². The second-order valence-electron chi connectivity index (χ2n) is 5.44. The van der Waals surface area contributed by atoms with Crippen LogP contribution in [-0.4, -0.2) is 6.61 Å². The number of hydrogen-bond donors (Lipinski definition) is 2. The lowest BCUT2D eigenvalue weighted by Crippen LogP contribution is -2.13. The standard InChI is InChI=1S/C14H24N2O/c1-5-6-7-17-13-11(15)8-10(9-12(13)16)14(2,3)4/h8-9H,5-7,15-16H2,1-4H3. The third kappa shape index (κ3) is 3.55. The van der Waals surface area contributed by atoms with Crippen molar-refractivity contribution < 1.29 is 4.74 Å². The predicted octanol–water partition coefficient (Wildman–Crippen LogP) is 3.33. The molecule has 0 saturated carbocycles. The lowest BCUT2D eigenvalue weighted by Gasteiger charge is -2.21. The van der Waals surface area contributed by atoms with E-state index in [4.69, 9.17) is 16.2 Å². The van der Waals surface area contributed by atoms with E-state index >= 15 is 0 Å². The Morgan fingerprint density at radius 1 is 1.12 bits per heavy atom. The van der Waals surface area contributed by atoms with Crippen molar-refractivity contribution in [3.05, 3.63) is 17.7 Å². The lowest BCUT2D eigenvalue weighted by atomic mass is 9.86. The summed E-state index contributed by atoms with van der Waals surface area (Å²) in [5.41, 5.74) is 14.4. The van der Waals surface area contributed by atoms with E-state index in [-0.39, 0.29) is 5.41 Å². The molecule has 1 aromatic carbocycles. The number of nitrogens with two attached hydrogens (primary N) is 2. The third-order valence-electron chi connectivity index (χ3n) is 2.76. The zero-order valence-electron chi connectivity index (χ0n) is 11.3. The summed E-state index contributed by atoms with van der Waals surface area (Å²) in [5.74, 6) is 0.631. The maximum atomic E-state index is 6.00. The Morgan fingerprint density at radius 2 is 1.65 bits per heavy atom. The van der Waals surface area contributed by atoms with Crippen LogP contribution in [-0.2, 0) is 5.41 Å². The molecule has 4 N–H and O–H groups in total. The molecule has 3 heteroatoms. The van der Waals surface area contributed by atoms with Crippen molar-refractivity contribution >= 4 is 11.4 Å². The maximum Gasteiger partial charge on any atom is 0.165 e. The van der Waals surface area contributed by atoms with Crippen LogP contribution in [0.25, 0.3) is 0 Å². The Hall–Kier alpha value is -1.38. The maximum absolute atomic E-state index is 6.00. The topological polar surface area (TPSA) is 61.3 Å². The Kier molecular flexibility index (Phi) is 4.27. The lowest BCUT2D eigenvalue weighted by molar-refractivity contribution is 0.312. The highest BCUT2D eigenvalue weighted by Crippen LogP contribution is 2.35. The van der Waals surface area contributed by atoms with Gasteiger partial charge in [-0.15, -0.1) is 0 Å². The summed E-state index contributed by atoms with van der Waals surface area (Å²) in [5, 5.41) is 0. The molecule has 17 heavy (non-hydrogen) atoms. The fourth-order valence-corrected chi connectivity index (χ4v) is 1.59. The van der Waals surface area contributed by atoms with Crippen LogP contribution < -0.4 is 16.2 Å². The highest BCUT2D eigenvalue weighted by molar-refractivity contribution is 5.69. The summed E-state index contributed by atoms with van der Waals surface area (Å²) < 4.78 is 5.63. The van der Waals surface area contributed by atoms with E-state index in [2.05, 4.69) is 27.7 Å². The first-order valence-electron chi connectivity index (χ1n) is 6.18. The molecule has 0 amide bonds. The van der Waals surface area contributed by atoms with Crippen LogP contribution in [0.3, 0.4) is 0 Å². The fraction of sp³-hybridized carbons (Fsp3) is 0.571. The van der Waals surface area contributed by atoms with Crippen LogP contribution in [0.2, 0.25) is 0 Å². The van der Waals surface area contributed by atoms with Crippen LogP contribution in [0.1, 0.15) is 46.1 Å². The molecule has 0 heterocycles. The largest absolute Gasteiger partial charge is 0.489 e. The number of anilines is 2. The summed E-state index contributed by atoms with van der Waals surface area (Å²) in [4.78, 5) is 0. The molecule has 0 atom stereocenters. The summed E-state index contributed by atoms with van der Waals surface area (Å²) in [7, 11) is 0. The van der Waals surface area contributed by atoms with E-state index in [1.807, 2.05) is 12.1 Å². The molecule has 0 bridgehead atoms. The van der Waals surface area contributed by atoms with Gasteiger partial charge in [-0.3, -0.25) is 0 Å². The van der Waals surface area contributed by atoms with Gasteiger partial charge in [-0.2, -0.15) is 0 Å². The number of hydrogen-bond acceptors (Lipinski definition) is 3. The number of nitrogen functional groups attached to an aromatic ring is 2. The molecular formula is C14H24N2O. The molecule has 0 radical (unpaired) electrons. The highest BCUT2D eigenvalue weighted by atomic mass is 16.5. The van der Waals surface area contributed by atoms with Crippen LogP contribution >= 0.6 is 0 Å². The molecule has 0 unspecified atom stereocenters. The Balaban J connectivity index is 2.95. The number of rotatable bonds is 4. The van der Waals surface area contributed by atoms with E-state index in [0.29, 0.717) is 23.7 Å². The van der Waals surface area contributed by atoms with Gasteiger partial charge in [0.05, 0.1) is 18.0 Å². The van der Waals surface area contributed by atoms with E-state index in [1.165, 1.54) is 0 Å². The average molecular weight is 236 g/mol. The second-order valence-corrected chi connectivity index (χ2v) is 5.44. The van der Waals surface area contributed by atoms with Crippen molar-refractivity contribution in [1.29, 1.82) is 0 Å². The fourth-order valence-electron chi connectivity index (χ4n) is 1.59. The van der Waals surface area contributed by atoms with E-state index in [1.54, 1.807) is 0 Å². The minimum absolute atomic E-state index is 0.0458. The molecule has 1 aromatic rings. The molecule has 96 valence electrons. The van der Waals surface area contributed by atoms with Crippen molar-refractivity contribution in [3.8, 4) is 5.75 Å². The van der Waals surface area contributed by atoms with E-state index < -0.39 is 0 Å². The molecule has 0 aliphatic rings. The second kappa shape index (κ2) is 5.30. The Labute approximate surface area is 104 Å². The van der Waals surface area contributed by atoms with Crippen LogP contribution in [0.4, 0.5) is 11.4 Å². The SMILES string of the molecule is CCCCOc1c(N)cc(C(C)(C)C)cc1N. The van der Waals surface area contributed by atoms with Gasteiger partial charge in [0.15, 0.2) is 5.75 Å². The summed E-state index contributed by atoms with van der Waals surface area (Å²) in [6, 6.07) is 3.91. The van der Waals surface area contributed by atoms with Crippen LogP contribution in [0, 0.1) is 0 Å². The smallest absolute Gasteiger partial charge is 0.165 e. The van der Waals surface area contributed by atoms with Gasteiger partial charge in [0.2, 0.25) is 0 Å². The monoisotopic (exact) mass is 236 g/mol. The van der Waals surface area contributed by atoms with E-state index in [0.717, 1.165) is 18.4 Å². The molecule has 0 spiro atoms. The van der Waals surface area contributed by atoms with Gasteiger partial charge in [0, 0.05) is 0 Å². The normalized spacial score (nSPS) is 11.5. The van der Waals surface area contributed by atoms with Gasteiger partial charge in [-0.25, -0.2) is 0 Å².